The molecule has 0 bridgehead atoms. The molecule has 0 spiro atoms. The molecule has 0 saturated carbocycles. The zero-order valence-electron chi connectivity index (χ0n) is 16.4. The first-order chi connectivity index (χ1) is 14.9. The third-order valence-corrected chi connectivity index (χ3v) is 5.32. The van der Waals surface area contributed by atoms with Gasteiger partial charge >= 0.3 is 12.0 Å². The number of fused-ring (bicyclic) bond motifs is 2. The summed E-state index contributed by atoms with van der Waals surface area (Å²) in [6.45, 7) is -0.616. The number of halogens is 1. The molecule has 1 aliphatic carbocycles. The first-order valence-corrected chi connectivity index (χ1v) is 9.95. The number of nitrogens with one attached hydrogen (secondary N) is 1. The van der Waals surface area contributed by atoms with Gasteiger partial charge < -0.3 is 10.5 Å². The summed E-state index contributed by atoms with van der Waals surface area (Å²) in [5.41, 5.74) is 9.24. The Balaban J connectivity index is 1.75. The lowest BCUT2D eigenvalue weighted by Crippen LogP contribution is -2.37. The van der Waals surface area contributed by atoms with E-state index >= 15 is 0 Å². The maximum atomic E-state index is 12.9. The van der Waals surface area contributed by atoms with Crippen LogP contribution < -0.4 is 11.1 Å². The minimum Gasteiger partial charge on any atom is -0.452 e. The Kier molecular flexibility index (Phi) is 5.68. The van der Waals surface area contributed by atoms with Crippen LogP contribution in [0.15, 0.2) is 48.5 Å². The summed E-state index contributed by atoms with van der Waals surface area (Å²) in [6.07, 6.45) is 3.26. The van der Waals surface area contributed by atoms with Gasteiger partial charge in [0.15, 0.2) is 6.61 Å². The minimum absolute atomic E-state index is 0.370. The molecule has 0 unspecified atom stereocenters. The Morgan fingerprint density at radius 3 is 2.61 bits per heavy atom. The number of imide groups is 1. The number of para-hydroxylation sites is 1. The molecule has 1 heterocycles. The standard InChI is InChI=1S/C23H18ClN3O4/c24-17-7-3-1-5-13(17)11-14-9-10-16-20(22(29)31-12-19(28)27-23(25)30)15-6-2-4-8-18(15)26-21(14)16/h1-8,11H,9-10,12H2,(H3,25,27,28,30)/b14-11+. The van der Waals surface area contributed by atoms with E-state index in [1.54, 1.807) is 6.07 Å². The minimum atomic E-state index is -1.01. The van der Waals surface area contributed by atoms with Crippen LogP contribution in [0.1, 0.15) is 33.6 Å². The number of pyridine rings is 1. The third kappa shape index (κ3) is 4.27. The number of allylic oxidation sites excluding steroid dienone is 1. The van der Waals surface area contributed by atoms with Gasteiger partial charge in [-0.1, -0.05) is 48.0 Å². The maximum Gasteiger partial charge on any atom is 0.339 e. The number of carbonyl (C=O) groups excluding carboxylic acids is 3. The molecule has 4 rings (SSSR count). The van der Waals surface area contributed by atoms with Crippen LogP contribution in [0, 0.1) is 0 Å². The lowest BCUT2D eigenvalue weighted by molar-refractivity contribution is -0.123. The van der Waals surface area contributed by atoms with Gasteiger partial charge in [0, 0.05) is 10.4 Å². The Morgan fingerprint density at radius 2 is 1.84 bits per heavy atom. The summed E-state index contributed by atoms with van der Waals surface area (Å²) in [6, 6.07) is 13.7. The first-order valence-electron chi connectivity index (χ1n) is 9.57. The van der Waals surface area contributed by atoms with Crippen LogP contribution in [-0.2, 0) is 16.0 Å². The van der Waals surface area contributed by atoms with Crippen LogP contribution in [0.25, 0.3) is 22.6 Å². The highest BCUT2D eigenvalue weighted by Gasteiger charge is 2.28. The largest absolute Gasteiger partial charge is 0.452 e. The second-order valence-electron chi connectivity index (χ2n) is 7.01. The molecule has 7 nitrogen and oxygen atoms in total. The molecule has 3 N–H and O–H groups in total. The molecule has 1 aromatic heterocycles. The predicted molar refractivity (Wildman–Crippen MR) is 117 cm³/mol. The SMILES string of the molecule is NC(=O)NC(=O)COC(=O)c1c2c(nc3ccccc13)/C(=C/c1ccccc1Cl)CC2. The van der Waals surface area contributed by atoms with E-state index in [2.05, 4.69) is 0 Å². The van der Waals surface area contributed by atoms with E-state index in [0.29, 0.717) is 40.0 Å². The quantitative estimate of drug-likeness (QED) is 0.606. The summed E-state index contributed by atoms with van der Waals surface area (Å²) in [4.78, 5) is 40.2. The van der Waals surface area contributed by atoms with E-state index in [0.717, 1.165) is 16.7 Å². The van der Waals surface area contributed by atoms with Crippen molar-refractivity contribution in [3.63, 3.8) is 0 Å². The Labute approximate surface area is 182 Å². The number of ether oxygens (including phenoxy) is 1. The summed E-state index contributed by atoms with van der Waals surface area (Å²) >= 11 is 6.30. The van der Waals surface area contributed by atoms with Crippen molar-refractivity contribution in [3.05, 3.63) is 75.9 Å². The molecule has 8 heteroatoms. The van der Waals surface area contributed by atoms with Gasteiger partial charge in [-0.05, 0) is 47.8 Å². The lowest BCUT2D eigenvalue weighted by atomic mass is 10.0. The number of aromatic nitrogens is 1. The smallest absolute Gasteiger partial charge is 0.339 e. The van der Waals surface area contributed by atoms with E-state index in [1.807, 2.05) is 53.9 Å². The van der Waals surface area contributed by atoms with Crippen LogP contribution in [0.4, 0.5) is 4.79 Å². The maximum absolute atomic E-state index is 12.9. The molecule has 31 heavy (non-hydrogen) atoms. The summed E-state index contributed by atoms with van der Waals surface area (Å²) in [5, 5.41) is 3.14. The molecule has 0 saturated heterocycles. The zero-order valence-corrected chi connectivity index (χ0v) is 17.1. The number of amides is 3. The van der Waals surface area contributed by atoms with Gasteiger partial charge in [0.05, 0.1) is 16.8 Å². The molecule has 0 fully saturated rings. The van der Waals surface area contributed by atoms with Crippen molar-refractivity contribution in [3.8, 4) is 0 Å². The van der Waals surface area contributed by atoms with Crippen molar-refractivity contribution in [2.24, 2.45) is 5.73 Å². The van der Waals surface area contributed by atoms with Gasteiger partial charge in [0.25, 0.3) is 5.91 Å². The highest BCUT2D eigenvalue weighted by Crippen LogP contribution is 2.38. The number of nitrogens with two attached hydrogens (primary N) is 1. The van der Waals surface area contributed by atoms with Crippen molar-refractivity contribution in [2.45, 2.75) is 12.8 Å². The number of rotatable bonds is 4. The van der Waals surface area contributed by atoms with Gasteiger partial charge in [0.1, 0.15) is 0 Å². The number of hydrogen-bond acceptors (Lipinski definition) is 5. The molecule has 156 valence electrons. The Hall–Kier alpha value is -3.71. The van der Waals surface area contributed by atoms with Crippen molar-refractivity contribution in [2.75, 3.05) is 6.61 Å². The first kappa shape index (κ1) is 20.6. The molecule has 2 aromatic carbocycles. The van der Waals surface area contributed by atoms with Crippen molar-refractivity contribution in [1.29, 1.82) is 0 Å². The van der Waals surface area contributed by atoms with Gasteiger partial charge in [-0.2, -0.15) is 0 Å². The van der Waals surface area contributed by atoms with Crippen LogP contribution in [0.5, 0.6) is 0 Å². The van der Waals surface area contributed by atoms with Gasteiger partial charge in [-0.15, -0.1) is 0 Å². The number of esters is 1. The second-order valence-corrected chi connectivity index (χ2v) is 7.42. The molecule has 0 radical (unpaired) electrons. The zero-order chi connectivity index (χ0) is 22.0. The summed E-state index contributed by atoms with van der Waals surface area (Å²) in [5.74, 6) is -1.45. The summed E-state index contributed by atoms with van der Waals surface area (Å²) in [7, 11) is 0. The third-order valence-electron chi connectivity index (χ3n) is 4.98. The van der Waals surface area contributed by atoms with Crippen molar-refractivity contribution >= 4 is 52.1 Å². The monoisotopic (exact) mass is 435 g/mol. The number of nitrogens with zero attached hydrogens (tertiary/aromatic N) is 1. The average Bonchev–Trinajstić information content (AvgIpc) is 3.13. The van der Waals surface area contributed by atoms with E-state index in [4.69, 9.17) is 27.1 Å². The predicted octanol–water partition coefficient (Wildman–Crippen LogP) is 3.73. The molecule has 0 atom stereocenters. The van der Waals surface area contributed by atoms with Gasteiger partial charge in [-0.25, -0.2) is 14.6 Å². The number of urea groups is 1. The normalized spacial score (nSPS) is 13.8. The van der Waals surface area contributed by atoms with E-state index in [1.165, 1.54) is 0 Å². The molecule has 3 amide bonds. The van der Waals surface area contributed by atoms with Gasteiger partial charge in [0.2, 0.25) is 0 Å². The average molecular weight is 436 g/mol. The number of primary amides is 1. The molecular weight excluding hydrogens is 418 g/mol. The number of benzene rings is 2. The topological polar surface area (TPSA) is 111 Å². The Morgan fingerprint density at radius 1 is 1.10 bits per heavy atom. The van der Waals surface area contributed by atoms with Crippen molar-refractivity contribution < 1.29 is 19.1 Å². The fourth-order valence-electron chi connectivity index (χ4n) is 3.67. The van der Waals surface area contributed by atoms with E-state index < -0.39 is 24.5 Å². The fourth-order valence-corrected chi connectivity index (χ4v) is 3.86. The summed E-state index contributed by atoms with van der Waals surface area (Å²) < 4.78 is 5.17. The van der Waals surface area contributed by atoms with Crippen LogP contribution in [-0.4, -0.2) is 29.5 Å². The number of hydrogen-bond donors (Lipinski definition) is 2. The molecular formula is C23H18ClN3O4. The lowest BCUT2D eigenvalue weighted by Gasteiger charge is -2.12. The van der Waals surface area contributed by atoms with Crippen LogP contribution >= 0.6 is 11.6 Å². The van der Waals surface area contributed by atoms with Crippen LogP contribution in [0.3, 0.4) is 0 Å². The molecule has 3 aromatic rings. The number of carbonyl (C=O) groups is 3. The highest BCUT2D eigenvalue weighted by atomic mass is 35.5. The van der Waals surface area contributed by atoms with Crippen LogP contribution in [0.2, 0.25) is 5.02 Å². The fraction of sp³-hybridized carbons (Fsp3) is 0.130. The Bertz CT molecular complexity index is 1250. The van der Waals surface area contributed by atoms with E-state index in [9.17, 15) is 14.4 Å². The molecule has 0 aliphatic heterocycles. The molecule has 1 aliphatic rings. The van der Waals surface area contributed by atoms with E-state index in [-0.39, 0.29) is 0 Å². The highest BCUT2D eigenvalue weighted by molar-refractivity contribution is 6.32. The van der Waals surface area contributed by atoms with Gasteiger partial charge in [-0.3, -0.25) is 10.1 Å². The van der Waals surface area contributed by atoms with Crippen molar-refractivity contribution in [1.82, 2.24) is 10.3 Å². The second kappa shape index (κ2) is 8.57.